The highest BCUT2D eigenvalue weighted by atomic mass is 32.2. The van der Waals surface area contributed by atoms with E-state index in [0.29, 0.717) is 18.1 Å². The Balaban J connectivity index is 1.77. The number of hydrogen-bond acceptors (Lipinski definition) is 5. The molecular formula is C20H20FN3O2S. The van der Waals surface area contributed by atoms with E-state index in [1.54, 1.807) is 30.4 Å². The zero-order valence-corrected chi connectivity index (χ0v) is 15.9. The third-order valence-corrected chi connectivity index (χ3v) is 5.44. The van der Waals surface area contributed by atoms with E-state index in [-0.39, 0.29) is 17.0 Å². The van der Waals surface area contributed by atoms with Crippen LogP contribution >= 0.6 is 11.8 Å². The van der Waals surface area contributed by atoms with E-state index in [1.165, 1.54) is 23.9 Å². The molecule has 7 heteroatoms. The van der Waals surface area contributed by atoms with Crippen molar-refractivity contribution in [3.63, 3.8) is 0 Å². The maximum atomic E-state index is 13.1. The van der Waals surface area contributed by atoms with Gasteiger partial charge in [0.05, 0.1) is 25.1 Å². The van der Waals surface area contributed by atoms with Crippen molar-refractivity contribution in [1.82, 2.24) is 4.90 Å². The van der Waals surface area contributed by atoms with Gasteiger partial charge in [-0.05, 0) is 53.9 Å². The fourth-order valence-electron chi connectivity index (χ4n) is 2.60. The Kier molecular flexibility index (Phi) is 6.24. The maximum Gasteiger partial charge on any atom is 0.242 e. The van der Waals surface area contributed by atoms with Crippen LogP contribution in [-0.2, 0) is 11.3 Å². The number of thioether (sulfide) groups is 1. The number of carbonyl (C=O) groups excluding carboxylic acids is 1. The monoisotopic (exact) mass is 385 g/mol. The van der Waals surface area contributed by atoms with Crippen molar-refractivity contribution in [2.45, 2.75) is 25.1 Å². The molecule has 0 aromatic heterocycles. The molecule has 1 heterocycles. The molecule has 140 valence electrons. The van der Waals surface area contributed by atoms with Gasteiger partial charge in [-0.15, -0.1) is 5.10 Å². The number of amides is 1. The third-order valence-electron chi connectivity index (χ3n) is 4.11. The average Bonchev–Trinajstić information content (AvgIpc) is 2.99. The average molecular weight is 385 g/mol. The van der Waals surface area contributed by atoms with Gasteiger partial charge in [0.25, 0.3) is 0 Å². The summed E-state index contributed by atoms with van der Waals surface area (Å²) in [6, 6.07) is 13.6. The second-order valence-electron chi connectivity index (χ2n) is 5.97. The summed E-state index contributed by atoms with van der Waals surface area (Å²) in [5.74, 6) is 0.474. The number of benzene rings is 2. The summed E-state index contributed by atoms with van der Waals surface area (Å²) in [4.78, 5) is 14.2. The molecule has 0 N–H and O–H groups in total. The van der Waals surface area contributed by atoms with Gasteiger partial charge in [-0.2, -0.15) is 5.10 Å². The van der Waals surface area contributed by atoms with Crippen molar-refractivity contribution in [3.05, 3.63) is 65.5 Å². The first-order valence-corrected chi connectivity index (χ1v) is 9.46. The topological polar surface area (TPSA) is 54.3 Å². The van der Waals surface area contributed by atoms with Crippen LogP contribution in [0.2, 0.25) is 0 Å². The van der Waals surface area contributed by atoms with Crippen LogP contribution in [0.3, 0.4) is 0 Å². The van der Waals surface area contributed by atoms with Crippen LogP contribution in [-0.4, -0.2) is 34.5 Å². The molecule has 0 bridgehead atoms. The Morgan fingerprint density at radius 2 is 1.89 bits per heavy atom. The Bertz CT molecular complexity index is 851. The standard InChI is InChI=1S/C20H20FN3O2S/c1-3-18-19(25)24(13-15-4-8-16(21)9-5-15)20(27-18)23-22-12-14-6-10-17(26-2)11-7-14/h4-12,18H,3,13H2,1-2H3/b22-12-,23-20-/t18-/m1/s1. The normalized spacial score (nSPS) is 18.6. The number of ether oxygens (including phenoxy) is 1. The van der Waals surface area contributed by atoms with Gasteiger partial charge in [0, 0.05) is 0 Å². The fourth-order valence-corrected chi connectivity index (χ4v) is 3.62. The Morgan fingerprint density at radius 1 is 1.19 bits per heavy atom. The molecule has 27 heavy (non-hydrogen) atoms. The maximum absolute atomic E-state index is 13.1. The summed E-state index contributed by atoms with van der Waals surface area (Å²) >= 11 is 1.41. The molecule has 1 aliphatic rings. The van der Waals surface area contributed by atoms with Crippen molar-refractivity contribution >= 4 is 29.1 Å². The Morgan fingerprint density at radius 3 is 2.52 bits per heavy atom. The van der Waals surface area contributed by atoms with Crippen LogP contribution in [0, 0.1) is 5.82 Å². The molecule has 0 spiro atoms. The van der Waals surface area contributed by atoms with Crippen molar-refractivity contribution in [3.8, 4) is 5.75 Å². The van der Waals surface area contributed by atoms with Crippen LogP contribution in [0.4, 0.5) is 4.39 Å². The van der Waals surface area contributed by atoms with Gasteiger partial charge in [0.1, 0.15) is 11.6 Å². The summed E-state index contributed by atoms with van der Waals surface area (Å²) in [5.41, 5.74) is 1.72. The molecule has 2 aromatic carbocycles. The lowest BCUT2D eigenvalue weighted by Gasteiger charge is -2.15. The zero-order chi connectivity index (χ0) is 19.2. The molecular weight excluding hydrogens is 365 g/mol. The number of amidine groups is 1. The van der Waals surface area contributed by atoms with Crippen molar-refractivity contribution in [2.24, 2.45) is 10.2 Å². The molecule has 0 radical (unpaired) electrons. The largest absolute Gasteiger partial charge is 0.497 e. The summed E-state index contributed by atoms with van der Waals surface area (Å²) in [6.45, 7) is 2.31. The highest BCUT2D eigenvalue weighted by Gasteiger charge is 2.36. The molecule has 5 nitrogen and oxygen atoms in total. The number of methoxy groups -OCH3 is 1. The first-order valence-electron chi connectivity index (χ1n) is 8.58. The van der Waals surface area contributed by atoms with E-state index in [4.69, 9.17) is 4.74 Å². The minimum Gasteiger partial charge on any atom is -0.497 e. The van der Waals surface area contributed by atoms with Gasteiger partial charge in [-0.1, -0.05) is 30.8 Å². The third kappa shape index (κ3) is 4.74. The molecule has 2 aromatic rings. The molecule has 3 rings (SSSR count). The lowest BCUT2D eigenvalue weighted by atomic mass is 10.2. The van der Waals surface area contributed by atoms with Crippen LogP contribution in [0.5, 0.6) is 5.75 Å². The minimum absolute atomic E-state index is 0.00484. The Hall–Kier alpha value is -2.67. The highest BCUT2D eigenvalue weighted by Crippen LogP contribution is 2.30. The molecule has 1 amide bonds. The van der Waals surface area contributed by atoms with E-state index in [0.717, 1.165) is 16.9 Å². The highest BCUT2D eigenvalue weighted by molar-refractivity contribution is 8.15. The van der Waals surface area contributed by atoms with Gasteiger partial charge < -0.3 is 4.74 Å². The first kappa shape index (κ1) is 19.1. The van der Waals surface area contributed by atoms with Crippen molar-refractivity contribution in [2.75, 3.05) is 7.11 Å². The van der Waals surface area contributed by atoms with Crippen LogP contribution < -0.4 is 4.74 Å². The van der Waals surface area contributed by atoms with E-state index in [2.05, 4.69) is 10.2 Å². The van der Waals surface area contributed by atoms with Crippen molar-refractivity contribution < 1.29 is 13.9 Å². The predicted octanol–water partition coefficient (Wildman–Crippen LogP) is 4.08. The van der Waals surface area contributed by atoms with E-state index in [9.17, 15) is 9.18 Å². The second-order valence-corrected chi connectivity index (χ2v) is 7.14. The SMILES string of the molecule is CC[C@H]1S/C(=N\N=C/c2ccc(OC)cc2)N(Cc2ccc(F)cc2)C1=O. The minimum atomic E-state index is -0.301. The number of hydrogen-bond donors (Lipinski definition) is 0. The number of halogens is 1. The van der Waals surface area contributed by atoms with Crippen molar-refractivity contribution in [1.29, 1.82) is 0 Å². The van der Waals surface area contributed by atoms with E-state index < -0.39 is 0 Å². The molecule has 0 aliphatic carbocycles. The molecule has 0 unspecified atom stereocenters. The smallest absolute Gasteiger partial charge is 0.242 e. The lowest BCUT2D eigenvalue weighted by molar-refractivity contribution is -0.126. The summed E-state index contributed by atoms with van der Waals surface area (Å²) in [6.07, 6.45) is 2.34. The number of carbonyl (C=O) groups is 1. The van der Waals surface area contributed by atoms with E-state index >= 15 is 0 Å². The fraction of sp³-hybridized carbons (Fsp3) is 0.250. The number of nitrogens with zero attached hydrogens (tertiary/aromatic N) is 3. The van der Waals surface area contributed by atoms with Gasteiger partial charge in [0.15, 0.2) is 5.17 Å². The van der Waals surface area contributed by atoms with Crippen LogP contribution in [0.15, 0.2) is 58.7 Å². The first-order chi connectivity index (χ1) is 13.1. The lowest BCUT2D eigenvalue weighted by Crippen LogP contribution is -2.31. The van der Waals surface area contributed by atoms with Crippen LogP contribution in [0.25, 0.3) is 0 Å². The van der Waals surface area contributed by atoms with Gasteiger partial charge >= 0.3 is 0 Å². The summed E-state index contributed by atoms with van der Waals surface area (Å²) in [7, 11) is 1.61. The molecule has 1 atom stereocenters. The van der Waals surface area contributed by atoms with Crippen LogP contribution in [0.1, 0.15) is 24.5 Å². The van der Waals surface area contributed by atoms with Gasteiger partial charge in [0.2, 0.25) is 5.91 Å². The van der Waals surface area contributed by atoms with Gasteiger partial charge in [-0.25, -0.2) is 4.39 Å². The molecule has 1 aliphatic heterocycles. The molecule has 1 saturated heterocycles. The van der Waals surface area contributed by atoms with Gasteiger partial charge in [-0.3, -0.25) is 9.69 Å². The Labute approximate surface area is 161 Å². The molecule has 1 fully saturated rings. The quantitative estimate of drug-likeness (QED) is 0.556. The predicted molar refractivity (Wildman–Crippen MR) is 107 cm³/mol. The second kappa shape index (κ2) is 8.81. The summed E-state index contributed by atoms with van der Waals surface area (Å²) in [5, 5.41) is 8.78. The van der Waals surface area contributed by atoms with E-state index in [1.807, 2.05) is 31.2 Å². The zero-order valence-electron chi connectivity index (χ0n) is 15.1. The molecule has 0 saturated carbocycles. The summed E-state index contributed by atoms with van der Waals surface area (Å²) < 4.78 is 18.2. The number of rotatable bonds is 6.